The summed E-state index contributed by atoms with van der Waals surface area (Å²) in [5.74, 6) is 1.51. The summed E-state index contributed by atoms with van der Waals surface area (Å²) in [5, 5.41) is 3.64. The average molecular weight is 331 g/mol. The van der Waals surface area contributed by atoms with Gasteiger partial charge in [-0.3, -0.25) is 0 Å². The van der Waals surface area contributed by atoms with E-state index in [1.165, 1.54) is 33.2 Å². The number of pyridine rings is 1. The molecule has 4 aromatic rings. The topological polar surface area (TPSA) is 38.1 Å². The molecule has 1 aliphatic rings. The van der Waals surface area contributed by atoms with Gasteiger partial charge in [0.2, 0.25) is 5.69 Å². The molecule has 0 amide bonds. The lowest BCUT2D eigenvalue weighted by Gasteiger charge is -2.15. The summed E-state index contributed by atoms with van der Waals surface area (Å²) in [6.07, 6.45) is 3.20. The Bertz CT molecular complexity index is 1130. The van der Waals surface area contributed by atoms with Crippen LogP contribution in [0.5, 0.6) is 11.5 Å². The highest BCUT2D eigenvalue weighted by Gasteiger charge is 2.29. The Morgan fingerprint density at radius 2 is 1.76 bits per heavy atom. The molecule has 3 heterocycles. The number of hydrogen-bond acceptors (Lipinski definition) is 2. The fourth-order valence-electron chi connectivity index (χ4n) is 4.00. The van der Waals surface area contributed by atoms with Crippen molar-refractivity contribution in [2.45, 2.75) is 13.0 Å². The lowest BCUT2D eigenvalue weighted by Crippen LogP contribution is -2.40. The van der Waals surface area contributed by atoms with Gasteiger partial charge in [-0.25, -0.2) is 0 Å². The molecule has 124 valence electrons. The number of nitrogens with one attached hydrogen (secondary N) is 1. The van der Waals surface area contributed by atoms with Gasteiger partial charge in [-0.1, -0.05) is 18.2 Å². The van der Waals surface area contributed by atoms with Gasteiger partial charge in [-0.2, -0.15) is 4.57 Å². The van der Waals surface area contributed by atoms with Crippen LogP contribution in [0.2, 0.25) is 0 Å². The Kier molecular flexibility index (Phi) is 3.01. The zero-order valence-electron chi connectivity index (χ0n) is 14.3. The molecule has 25 heavy (non-hydrogen) atoms. The summed E-state index contributed by atoms with van der Waals surface area (Å²) in [7, 11) is 3.35. The van der Waals surface area contributed by atoms with E-state index >= 15 is 0 Å². The molecule has 0 aliphatic carbocycles. The van der Waals surface area contributed by atoms with Crippen LogP contribution < -0.4 is 14.0 Å². The van der Waals surface area contributed by atoms with Gasteiger partial charge in [0.25, 0.3) is 0 Å². The maximum absolute atomic E-state index is 5.54. The van der Waals surface area contributed by atoms with Gasteiger partial charge in [-0.15, -0.1) is 0 Å². The van der Waals surface area contributed by atoms with E-state index in [1.54, 1.807) is 14.2 Å². The molecule has 0 radical (unpaired) electrons. The number of methoxy groups -OCH3 is 2. The molecule has 0 atom stereocenters. The maximum Gasteiger partial charge on any atom is 0.237 e. The third-order valence-corrected chi connectivity index (χ3v) is 5.19. The Morgan fingerprint density at radius 3 is 2.60 bits per heavy atom. The number of benzene rings is 2. The molecule has 0 saturated heterocycles. The predicted octanol–water partition coefficient (Wildman–Crippen LogP) is 3.85. The number of H-pyrrole nitrogens is 1. The highest BCUT2D eigenvalue weighted by molar-refractivity contribution is 5.99. The van der Waals surface area contributed by atoms with E-state index in [4.69, 9.17) is 9.47 Å². The third kappa shape index (κ3) is 1.97. The van der Waals surface area contributed by atoms with Gasteiger partial charge in [0.15, 0.2) is 24.2 Å². The lowest BCUT2D eigenvalue weighted by atomic mass is 9.98. The molecule has 0 fully saturated rings. The van der Waals surface area contributed by atoms with E-state index in [9.17, 15) is 0 Å². The summed E-state index contributed by atoms with van der Waals surface area (Å²) in [5.41, 5.74) is 5.03. The van der Waals surface area contributed by atoms with Crippen LogP contribution in [0, 0.1) is 0 Å². The van der Waals surface area contributed by atoms with Gasteiger partial charge < -0.3 is 14.5 Å². The first kappa shape index (κ1) is 14.3. The predicted molar refractivity (Wildman–Crippen MR) is 98.2 cm³/mol. The van der Waals surface area contributed by atoms with Crippen LogP contribution in [0.4, 0.5) is 0 Å². The molecule has 0 spiro atoms. The molecule has 2 aromatic heterocycles. The molecule has 1 aliphatic heterocycles. The number of aromatic nitrogens is 2. The van der Waals surface area contributed by atoms with Crippen molar-refractivity contribution in [1.29, 1.82) is 0 Å². The first-order chi connectivity index (χ1) is 12.3. The van der Waals surface area contributed by atoms with E-state index < -0.39 is 0 Å². The fourth-order valence-corrected chi connectivity index (χ4v) is 4.00. The Morgan fingerprint density at radius 1 is 0.960 bits per heavy atom. The number of fused-ring (bicyclic) bond motifs is 7. The second-order valence-electron chi connectivity index (χ2n) is 6.43. The SMILES string of the molecule is COc1cc2cc[n+]3c(c2cc1OC)-c1[nH]c2ccccc2c1CC3. The fraction of sp³-hybridized carbons (Fsp3) is 0.190. The van der Waals surface area contributed by atoms with Crippen molar-refractivity contribution < 1.29 is 14.0 Å². The van der Waals surface area contributed by atoms with Crippen molar-refractivity contribution in [2.24, 2.45) is 0 Å². The summed E-state index contributed by atoms with van der Waals surface area (Å²) in [6, 6.07) is 14.8. The highest BCUT2D eigenvalue weighted by Crippen LogP contribution is 2.39. The largest absolute Gasteiger partial charge is 0.493 e. The number of para-hydroxylation sites is 1. The minimum absolute atomic E-state index is 0.757. The van der Waals surface area contributed by atoms with Crippen LogP contribution in [0.25, 0.3) is 33.1 Å². The summed E-state index contributed by atoms with van der Waals surface area (Å²) in [6.45, 7) is 0.981. The van der Waals surface area contributed by atoms with Crippen molar-refractivity contribution in [3.63, 3.8) is 0 Å². The van der Waals surface area contributed by atoms with Crippen LogP contribution in [-0.4, -0.2) is 19.2 Å². The van der Waals surface area contributed by atoms with Crippen LogP contribution in [-0.2, 0) is 13.0 Å². The molecule has 5 rings (SSSR count). The van der Waals surface area contributed by atoms with Gasteiger partial charge in [0.05, 0.1) is 19.6 Å². The smallest absolute Gasteiger partial charge is 0.237 e. The van der Waals surface area contributed by atoms with Crippen molar-refractivity contribution in [2.75, 3.05) is 14.2 Å². The van der Waals surface area contributed by atoms with Crippen molar-refractivity contribution in [1.82, 2.24) is 4.98 Å². The number of hydrogen-bond donors (Lipinski definition) is 1. The number of aromatic amines is 1. The minimum atomic E-state index is 0.757. The maximum atomic E-state index is 5.54. The summed E-state index contributed by atoms with van der Waals surface area (Å²) >= 11 is 0. The van der Waals surface area contributed by atoms with Gasteiger partial charge in [0, 0.05) is 23.4 Å². The molecule has 0 bridgehead atoms. The van der Waals surface area contributed by atoms with E-state index in [1.807, 2.05) is 6.07 Å². The Labute approximate surface area is 145 Å². The van der Waals surface area contributed by atoms with Crippen LogP contribution in [0.15, 0.2) is 48.7 Å². The minimum Gasteiger partial charge on any atom is -0.493 e. The van der Waals surface area contributed by atoms with Gasteiger partial charge >= 0.3 is 0 Å². The zero-order chi connectivity index (χ0) is 17.0. The standard InChI is InChI=1S/C21H18N2O2/c1-24-18-11-13-7-9-23-10-8-15-14-5-3-4-6-17(14)22-20(15)21(23)16(13)12-19(18)25-2/h3-7,9,11-12H,8,10H2,1-2H3/p+1. The lowest BCUT2D eigenvalue weighted by molar-refractivity contribution is -0.686. The first-order valence-electron chi connectivity index (χ1n) is 8.48. The molecular weight excluding hydrogens is 312 g/mol. The second-order valence-corrected chi connectivity index (χ2v) is 6.43. The third-order valence-electron chi connectivity index (χ3n) is 5.19. The van der Waals surface area contributed by atoms with Gasteiger partial charge in [0.1, 0.15) is 5.69 Å². The molecule has 2 aromatic carbocycles. The Hall–Kier alpha value is -3.01. The summed E-state index contributed by atoms with van der Waals surface area (Å²) in [4.78, 5) is 3.64. The zero-order valence-corrected chi connectivity index (χ0v) is 14.3. The molecule has 0 saturated carbocycles. The molecular formula is C21H19N2O2+. The summed E-state index contributed by atoms with van der Waals surface area (Å²) < 4.78 is 13.3. The van der Waals surface area contributed by atoms with E-state index in [0.717, 1.165) is 29.9 Å². The van der Waals surface area contributed by atoms with E-state index in [0.29, 0.717) is 0 Å². The van der Waals surface area contributed by atoms with Crippen molar-refractivity contribution in [3.8, 4) is 22.9 Å². The molecule has 4 heteroatoms. The van der Waals surface area contributed by atoms with E-state index in [2.05, 4.69) is 52.1 Å². The van der Waals surface area contributed by atoms with Crippen LogP contribution >= 0.6 is 0 Å². The number of nitrogens with zero attached hydrogens (tertiary/aromatic N) is 1. The quantitative estimate of drug-likeness (QED) is 0.567. The first-order valence-corrected chi connectivity index (χ1v) is 8.48. The second kappa shape index (κ2) is 5.24. The number of aryl methyl sites for hydroxylation is 2. The number of rotatable bonds is 2. The molecule has 4 nitrogen and oxygen atoms in total. The van der Waals surface area contributed by atoms with Crippen LogP contribution in [0.1, 0.15) is 5.56 Å². The molecule has 0 unspecified atom stereocenters. The number of ether oxygens (including phenoxy) is 2. The van der Waals surface area contributed by atoms with Crippen molar-refractivity contribution >= 4 is 21.7 Å². The van der Waals surface area contributed by atoms with Crippen LogP contribution in [0.3, 0.4) is 0 Å². The normalized spacial score (nSPS) is 12.9. The average Bonchev–Trinajstić information content (AvgIpc) is 3.05. The van der Waals surface area contributed by atoms with E-state index in [-0.39, 0.29) is 0 Å². The Balaban J connectivity index is 1.88. The van der Waals surface area contributed by atoms with Crippen molar-refractivity contribution in [3.05, 3.63) is 54.2 Å². The van der Waals surface area contributed by atoms with Gasteiger partial charge in [-0.05, 0) is 29.1 Å². The highest BCUT2D eigenvalue weighted by atomic mass is 16.5. The monoisotopic (exact) mass is 331 g/mol. The molecule has 1 N–H and O–H groups in total.